The number of amides is 1. The van der Waals surface area contributed by atoms with Crippen molar-refractivity contribution in [3.05, 3.63) is 29.3 Å². The normalized spacial score (nSPS) is 15.6. The summed E-state index contributed by atoms with van der Waals surface area (Å²) in [5.41, 5.74) is 3.17. The second kappa shape index (κ2) is 7.57. The topological polar surface area (TPSA) is 52.6 Å². The molecule has 1 aliphatic carbocycles. The van der Waals surface area contributed by atoms with Crippen molar-refractivity contribution in [2.75, 3.05) is 25.0 Å². The Kier molecular flexibility index (Phi) is 5.76. The van der Waals surface area contributed by atoms with E-state index >= 15 is 0 Å². The molecule has 0 aliphatic heterocycles. The number of benzene rings is 1. The standard InChI is InChI=1S/C17H26N2O2/c1-13-6-5-9-16(14(13)2)18-17(21)12-19(10-11-20)15-7-3-4-8-15/h5-6,9,15,20H,3-4,7-8,10-12H2,1-2H3,(H,18,21). The third-order valence-corrected chi connectivity index (χ3v) is 4.45. The lowest BCUT2D eigenvalue weighted by Crippen LogP contribution is -2.41. The summed E-state index contributed by atoms with van der Waals surface area (Å²) in [5, 5.41) is 12.2. The van der Waals surface area contributed by atoms with Crippen molar-refractivity contribution in [1.29, 1.82) is 0 Å². The number of rotatable bonds is 6. The van der Waals surface area contributed by atoms with Crippen LogP contribution in [-0.2, 0) is 4.79 Å². The number of aliphatic hydroxyl groups excluding tert-OH is 1. The van der Waals surface area contributed by atoms with Crippen LogP contribution in [0.1, 0.15) is 36.8 Å². The van der Waals surface area contributed by atoms with Gasteiger partial charge >= 0.3 is 0 Å². The fourth-order valence-corrected chi connectivity index (χ4v) is 3.05. The van der Waals surface area contributed by atoms with Gasteiger partial charge in [0, 0.05) is 18.3 Å². The summed E-state index contributed by atoms with van der Waals surface area (Å²) in [4.78, 5) is 14.4. The van der Waals surface area contributed by atoms with E-state index in [1.54, 1.807) is 0 Å². The zero-order valence-corrected chi connectivity index (χ0v) is 13.1. The van der Waals surface area contributed by atoms with Crippen molar-refractivity contribution in [3.63, 3.8) is 0 Å². The summed E-state index contributed by atoms with van der Waals surface area (Å²) >= 11 is 0. The van der Waals surface area contributed by atoms with Gasteiger partial charge in [-0.15, -0.1) is 0 Å². The van der Waals surface area contributed by atoms with Gasteiger partial charge in [0.1, 0.15) is 0 Å². The first kappa shape index (κ1) is 16.0. The minimum Gasteiger partial charge on any atom is -0.395 e. The van der Waals surface area contributed by atoms with Crippen molar-refractivity contribution in [3.8, 4) is 0 Å². The van der Waals surface area contributed by atoms with Gasteiger partial charge < -0.3 is 10.4 Å². The maximum absolute atomic E-state index is 12.3. The van der Waals surface area contributed by atoms with Gasteiger partial charge in [0.05, 0.1) is 13.2 Å². The molecule has 1 saturated carbocycles. The first-order valence-electron chi connectivity index (χ1n) is 7.83. The predicted octanol–water partition coefficient (Wildman–Crippen LogP) is 2.48. The van der Waals surface area contributed by atoms with Crippen molar-refractivity contribution in [1.82, 2.24) is 4.90 Å². The highest BCUT2D eigenvalue weighted by Crippen LogP contribution is 2.23. The van der Waals surface area contributed by atoms with Gasteiger partial charge in [0.15, 0.2) is 0 Å². The molecule has 2 N–H and O–H groups in total. The quantitative estimate of drug-likeness (QED) is 0.846. The Hall–Kier alpha value is -1.39. The van der Waals surface area contributed by atoms with Crippen LogP contribution in [0.2, 0.25) is 0 Å². The summed E-state index contributed by atoms with van der Waals surface area (Å²) in [6.07, 6.45) is 4.73. The first-order chi connectivity index (χ1) is 10.1. The Balaban J connectivity index is 1.96. The van der Waals surface area contributed by atoms with Crippen LogP contribution in [0.5, 0.6) is 0 Å². The second-order valence-corrected chi connectivity index (χ2v) is 5.93. The van der Waals surface area contributed by atoms with Crippen LogP contribution in [0.3, 0.4) is 0 Å². The highest BCUT2D eigenvalue weighted by atomic mass is 16.3. The predicted molar refractivity (Wildman–Crippen MR) is 85.5 cm³/mol. The van der Waals surface area contributed by atoms with E-state index in [1.807, 2.05) is 32.0 Å². The van der Waals surface area contributed by atoms with E-state index in [0.29, 0.717) is 19.1 Å². The summed E-state index contributed by atoms with van der Waals surface area (Å²) in [6, 6.07) is 6.38. The highest BCUT2D eigenvalue weighted by molar-refractivity contribution is 5.93. The van der Waals surface area contributed by atoms with Crippen molar-refractivity contribution in [2.24, 2.45) is 0 Å². The number of carbonyl (C=O) groups is 1. The monoisotopic (exact) mass is 290 g/mol. The Labute approximate surface area is 127 Å². The SMILES string of the molecule is Cc1cccc(NC(=O)CN(CCO)C2CCCC2)c1C. The molecule has 0 aromatic heterocycles. The minimum absolute atomic E-state index is 0.00375. The van der Waals surface area contributed by atoms with Gasteiger partial charge in [-0.05, 0) is 43.9 Å². The van der Waals surface area contributed by atoms with Crippen LogP contribution in [-0.4, -0.2) is 41.7 Å². The summed E-state index contributed by atoms with van der Waals surface area (Å²) < 4.78 is 0. The zero-order chi connectivity index (χ0) is 15.2. The average Bonchev–Trinajstić information content (AvgIpc) is 2.97. The molecule has 1 fully saturated rings. The third-order valence-electron chi connectivity index (χ3n) is 4.45. The van der Waals surface area contributed by atoms with Crippen LogP contribution in [0.25, 0.3) is 0 Å². The molecular weight excluding hydrogens is 264 g/mol. The van der Waals surface area contributed by atoms with Gasteiger partial charge in [-0.1, -0.05) is 25.0 Å². The van der Waals surface area contributed by atoms with E-state index in [-0.39, 0.29) is 12.5 Å². The molecule has 1 aromatic carbocycles. The van der Waals surface area contributed by atoms with E-state index in [9.17, 15) is 9.90 Å². The molecule has 0 spiro atoms. The van der Waals surface area contributed by atoms with Gasteiger partial charge in [0.25, 0.3) is 0 Å². The van der Waals surface area contributed by atoms with Crippen LogP contribution >= 0.6 is 0 Å². The van der Waals surface area contributed by atoms with Crippen molar-refractivity contribution >= 4 is 11.6 Å². The molecule has 4 nitrogen and oxygen atoms in total. The molecule has 2 rings (SSSR count). The van der Waals surface area contributed by atoms with Crippen LogP contribution in [0.15, 0.2) is 18.2 Å². The van der Waals surface area contributed by atoms with Gasteiger partial charge in [-0.3, -0.25) is 9.69 Å². The van der Waals surface area contributed by atoms with E-state index in [4.69, 9.17) is 0 Å². The molecule has 4 heteroatoms. The number of nitrogens with zero attached hydrogens (tertiary/aromatic N) is 1. The van der Waals surface area contributed by atoms with E-state index in [2.05, 4.69) is 10.2 Å². The number of aliphatic hydroxyl groups is 1. The van der Waals surface area contributed by atoms with Gasteiger partial charge in [-0.2, -0.15) is 0 Å². The van der Waals surface area contributed by atoms with Crippen molar-refractivity contribution in [2.45, 2.75) is 45.6 Å². The van der Waals surface area contributed by atoms with E-state index < -0.39 is 0 Å². The molecule has 1 amide bonds. The maximum Gasteiger partial charge on any atom is 0.238 e. The Morgan fingerprint density at radius 3 is 2.71 bits per heavy atom. The van der Waals surface area contributed by atoms with Gasteiger partial charge in [-0.25, -0.2) is 0 Å². The van der Waals surface area contributed by atoms with Crippen LogP contribution in [0.4, 0.5) is 5.69 Å². The molecule has 0 heterocycles. The Morgan fingerprint density at radius 2 is 2.05 bits per heavy atom. The second-order valence-electron chi connectivity index (χ2n) is 5.93. The molecule has 21 heavy (non-hydrogen) atoms. The number of hydrogen-bond acceptors (Lipinski definition) is 3. The maximum atomic E-state index is 12.3. The van der Waals surface area contributed by atoms with Crippen LogP contribution in [0, 0.1) is 13.8 Å². The Bertz CT molecular complexity index is 482. The smallest absolute Gasteiger partial charge is 0.238 e. The molecule has 0 atom stereocenters. The number of carbonyl (C=O) groups excluding carboxylic acids is 1. The van der Waals surface area contributed by atoms with E-state index in [1.165, 1.54) is 18.4 Å². The van der Waals surface area contributed by atoms with E-state index in [0.717, 1.165) is 24.1 Å². The lowest BCUT2D eigenvalue weighted by molar-refractivity contribution is -0.118. The molecule has 1 aromatic rings. The summed E-state index contributed by atoms with van der Waals surface area (Å²) in [6.45, 7) is 5.10. The first-order valence-corrected chi connectivity index (χ1v) is 7.83. The highest BCUT2D eigenvalue weighted by Gasteiger charge is 2.24. The van der Waals surface area contributed by atoms with Gasteiger partial charge in [0.2, 0.25) is 5.91 Å². The molecule has 0 radical (unpaired) electrons. The number of aryl methyl sites for hydroxylation is 1. The third kappa shape index (κ3) is 4.29. The average molecular weight is 290 g/mol. The number of anilines is 1. The molecule has 116 valence electrons. The van der Waals surface area contributed by atoms with Crippen LogP contribution < -0.4 is 5.32 Å². The Morgan fingerprint density at radius 1 is 1.33 bits per heavy atom. The number of hydrogen-bond donors (Lipinski definition) is 2. The molecule has 0 unspecified atom stereocenters. The zero-order valence-electron chi connectivity index (χ0n) is 13.1. The lowest BCUT2D eigenvalue weighted by Gasteiger charge is -2.27. The largest absolute Gasteiger partial charge is 0.395 e. The van der Waals surface area contributed by atoms with Crippen molar-refractivity contribution < 1.29 is 9.90 Å². The number of nitrogens with one attached hydrogen (secondary N) is 1. The fraction of sp³-hybridized carbons (Fsp3) is 0.588. The summed E-state index contributed by atoms with van der Waals surface area (Å²) in [5.74, 6) is 0.00375. The summed E-state index contributed by atoms with van der Waals surface area (Å²) in [7, 11) is 0. The molecule has 1 aliphatic rings. The molecule has 0 bridgehead atoms. The minimum atomic E-state index is 0.00375. The molecule has 0 saturated heterocycles. The fourth-order valence-electron chi connectivity index (χ4n) is 3.05. The lowest BCUT2D eigenvalue weighted by atomic mass is 10.1. The molecular formula is C17H26N2O2.